The summed E-state index contributed by atoms with van der Waals surface area (Å²) in [5.41, 5.74) is 7.83. The van der Waals surface area contributed by atoms with Crippen molar-refractivity contribution in [1.29, 1.82) is 0 Å². The lowest BCUT2D eigenvalue weighted by Crippen LogP contribution is -2.31. The smallest absolute Gasteiger partial charge is 0.0581 e. The number of aliphatic hydroxyl groups is 1. The average Bonchev–Trinajstić information content (AvgIpc) is 2.36. The van der Waals surface area contributed by atoms with Crippen LogP contribution in [-0.2, 0) is 13.1 Å². The SMILES string of the molecule is NCc1ccc(CNCCN(O)CCO)cc1. The molecule has 0 saturated carbocycles. The predicted octanol–water partition coefficient (Wildman–Crippen LogP) is -0.0816. The van der Waals surface area contributed by atoms with Crippen LogP contribution in [0.25, 0.3) is 0 Å². The van der Waals surface area contributed by atoms with Crippen LogP contribution in [-0.4, -0.2) is 41.6 Å². The molecule has 0 unspecified atom stereocenters. The number of hydroxylamine groups is 2. The van der Waals surface area contributed by atoms with Gasteiger partial charge in [0.05, 0.1) is 6.61 Å². The summed E-state index contributed by atoms with van der Waals surface area (Å²) in [5, 5.41) is 22.1. The largest absolute Gasteiger partial charge is 0.395 e. The van der Waals surface area contributed by atoms with E-state index in [1.165, 1.54) is 5.56 Å². The minimum Gasteiger partial charge on any atom is -0.395 e. The van der Waals surface area contributed by atoms with E-state index < -0.39 is 0 Å². The van der Waals surface area contributed by atoms with Crippen LogP contribution < -0.4 is 11.1 Å². The van der Waals surface area contributed by atoms with Gasteiger partial charge in [-0.15, -0.1) is 0 Å². The lowest BCUT2D eigenvalue weighted by Gasteiger charge is -2.13. The van der Waals surface area contributed by atoms with Crippen molar-refractivity contribution < 1.29 is 10.3 Å². The number of aliphatic hydroxyl groups excluding tert-OH is 1. The zero-order valence-corrected chi connectivity index (χ0v) is 9.97. The number of nitrogens with two attached hydrogens (primary N) is 1. The maximum atomic E-state index is 9.23. The summed E-state index contributed by atoms with van der Waals surface area (Å²) in [5.74, 6) is 0. The number of nitrogens with one attached hydrogen (secondary N) is 1. The van der Waals surface area contributed by atoms with Crippen molar-refractivity contribution in [2.24, 2.45) is 5.73 Å². The van der Waals surface area contributed by atoms with E-state index in [1.807, 2.05) is 24.3 Å². The molecule has 0 aliphatic rings. The molecule has 1 rings (SSSR count). The van der Waals surface area contributed by atoms with Crippen LogP contribution >= 0.6 is 0 Å². The topological polar surface area (TPSA) is 81.8 Å². The Bertz CT molecular complexity index is 303. The van der Waals surface area contributed by atoms with E-state index in [0.29, 0.717) is 19.6 Å². The van der Waals surface area contributed by atoms with Crippen molar-refractivity contribution in [3.05, 3.63) is 35.4 Å². The molecule has 5 heteroatoms. The molecular formula is C12H21N3O2. The molecule has 1 aromatic carbocycles. The summed E-state index contributed by atoms with van der Waals surface area (Å²) in [6.45, 7) is 2.76. The second-order valence-electron chi connectivity index (χ2n) is 3.87. The van der Waals surface area contributed by atoms with E-state index in [4.69, 9.17) is 10.8 Å². The first kappa shape index (κ1) is 14.1. The third kappa shape index (κ3) is 5.76. The van der Waals surface area contributed by atoms with Crippen molar-refractivity contribution >= 4 is 0 Å². The summed E-state index contributed by atoms with van der Waals surface area (Å²) >= 11 is 0. The average molecular weight is 239 g/mol. The fraction of sp³-hybridized carbons (Fsp3) is 0.500. The van der Waals surface area contributed by atoms with E-state index >= 15 is 0 Å². The monoisotopic (exact) mass is 239 g/mol. The zero-order valence-electron chi connectivity index (χ0n) is 9.97. The second-order valence-corrected chi connectivity index (χ2v) is 3.87. The number of benzene rings is 1. The number of hydrogen-bond acceptors (Lipinski definition) is 5. The molecule has 0 heterocycles. The standard InChI is InChI=1S/C12H21N3O2/c13-9-11-1-3-12(4-2-11)10-14-5-6-15(17)7-8-16/h1-4,14,16-17H,5-10,13H2. The van der Waals surface area contributed by atoms with Gasteiger partial charge in [0.1, 0.15) is 0 Å². The van der Waals surface area contributed by atoms with Crippen LogP contribution in [0.3, 0.4) is 0 Å². The Balaban J connectivity index is 2.17. The molecule has 0 amide bonds. The van der Waals surface area contributed by atoms with E-state index in [-0.39, 0.29) is 13.2 Å². The Morgan fingerprint density at radius 2 is 1.76 bits per heavy atom. The van der Waals surface area contributed by atoms with Gasteiger partial charge in [-0.3, -0.25) is 0 Å². The fourth-order valence-electron chi connectivity index (χ4n) is 1.46. The van der Waals surface area contributed by atoms with Crippen LogP contribution in [0.1, 0.15) is 11.1 Å². The van der Waals surface area contributed by atoms with Gasteiger partial charge in [-0.25, -0.2) is 0 Å². The molecule has 1 aromatic rings. The van der Waals surface area contributed by atoms with Gasteiger partial charge >= 0.3 is 0 Å². The highest BCUT2D eigenvalue weighted by atomic mass is 16.5. The molecule has 5 N–H and O–H groups in total. The first-order valence-electron chi connectivity index (χ1n) is 5.79. The molecule has 0 saturated heterocycles. The van der Waals surface area contributed by atoms with Gasteiger partial charge in [0.25, 0.3) is 0 Å². The second kappa shape index (κ2) is 8.16. The lowest BCUT2D eigenvalue weighted by molar-refractivity contribution is -0.0968. The molecule has 0 spiro atoms. The molecule has 0 radical (unpaired) electrons. The molecule has 0 aromatic heterocycles. The van der Waals surface area contributed by atoms with Crippen molar-refractivity contribution in [2.45, 2.75) is 13.1 Å². The third-order valence-electron chi connectivity index (χ3n) is 2.49. The quantitative estimate of drug-likeness (QED) is 0.377. The van der Waals surface area contributed by atoms with Gasteiger partial charge in [0.15, 0.2) is 0 Å². The minimum atomic E-state index is -0.0307. The molecule has 0 aliphatic carbocycles. The van der Waals surface area contributed by atoms with Crippen LogP contribution in [0, 0.1) is 0 Å². The summed E-state index contributed by atoms with van der Waals surface area (Å²) in [7, 11) is 0. The van der Waals surface area contributed by atoms with E-state index in [1.54, 1.807) is 0 Å². The van der Waals surface area contributed by atoms with Crippen LogP contribution in [0.15, 0.2) is 24.3 Å². The lowest BCUT2D eigenvalue weighted by atomic mass is 10.1. The van der Waals surface area contributed by atoms with E-state index in [9.17, 15) is 5.21 Å². The van der Waals surface area contributed by atoms with Gasteiger partial charge in [0, 0.05) is 32.7 Å². The maximum absolute atomic E-state index is 9.23. The Morgan fingerprint density at radius 1 is 1.12 bits per heavy atom. The van der Waals surface area contributed by atoms with Crippen molar-refractivity contribution in [3.8, 4) is 0 Å². The van der Waals surface area contributed by atoms with Crippen LogP contribution in [0.4, 0.5) is 0 Å². The highest BCUT2D eigenvalue weighted by molar-refractivity contribution is 5.22. The van der Waals surface area contributed by atoms with Gasteiger partial charge in [-0.2, -0.15) is 5.06 Å². The molecule has 0 atom stereocenters. The normalized spacial score (nSPS) is 11.1. The number of nitrogens with zero attached hydrogens (tertiary/aromatic N) is 1. The first-order chi connectivity index (χ1) is 8.26. The Kier molecular flexibility index (Phi) is 6.76. The molecular weight excluding hydrogens is 218 g/mol. The zero-order chi connectivity index (χ0) is 12.5. The van der Waals surface area contributed by atoms with Gasteiger partial charge in [-0.05, 0) is 11.1 Å². The fourth-order valence-corrected chi connectivity index (χ4v) is 1.46. The van der Waals surface area contributed by atoms with E-state index in [0.717, 1.165) is 17.2 Å². The van der Waals surface area contributed by atoms with Crippen molar-refractivity contribution in [1.82, 2.24) is 10.4 Å². The first-order valence-corrected chi connectivity index (χ1v) is 5.79. The Labute approximate surface area is 102 Å². The molecule has 0 fully saturated rings. The summed E-state index contributed by atoms with van der Waals surface area (Å²) in [4.78, 5) is 0. The predicted molar refractivity (Wildman–Crippen MR) is 66.5 cm³/mol. The van der Waals surface area contributed by atoms with Crippen molar-refractivity contribution in [3.63, 3.8) is 0 Å². The summed E-state index contributed by atoms with van der Waals surface area (Å²) < 4.78 is 0. The Hall–Kier alpha value is -0.980. The van der Waals surface area contributed by atoms with Crippen LogP contribution in [0.5, 0.6) is 0 Å². The van der Waals surface area contributed by atoms with Gasteiger partial charge in [-0.1, -0.05) is 24.3 Å². The highest BCUT2D eigenvalue weighted by Gasteiger charge is 1.98. The Morgan fingerprint density at radius 3 is 2.35 bits per heavy atom. The third-order valence-corrected chi connectivity index (χ3v) is 2.49. The molecule has 96 valence electrons. The minimum absolute atomic E-state index is 0.0307. The summed E-state index contributed by atoms with van der Waals surface area (Å²) in [6.07, 6.45) is 0. The van der Waals surface area contributed by atoms with Gasteiger partial charge < -0.3 is 21.4 Å². The molecule has 0 aliphatic heterocycles. The molecule has 5 nitrogen and oxygen atoms in total. The summed E-state index contributed by atoms with van der Waals surface area (Å²) in [6, 6.07) is 8.11. The van der Waals surface area contributed by atoms with Crippen molar-refractivity contribution in [2.75, 3.05) is 26.2 Å². The van der Waals surface area contributed by atoms with E-state index in [2.05, 4.69) is 5.32 Å². The maximum Gasteiger partial charge on any atom is 0.0581 e. The molecule has 17 heavy (non-hydrogen) atoms. The van der Waals surface area contributed by atoms with Crippen LogP contribution in [0.2, 0.25) is 0 Å². The molecule has 0 bridgehead atoms. The number of rotatable bonds is 8. The highest BCUT2D eigenvalue weighted by Crippen LogP contribution is 2.02. The van der Waals surface area contributed by atoms with Gasteiger partial charge in [0.2, 0.25) is 0 Å². The number of hydrogen-bond donors (Lipinski definition) is 4.